The minimum atomic E-state index is 0.678. The second-order valence-corrected chi connectivity index (χ2v) is 2.65. The normalized spacial score (nSPS) is 19.2. The first-order chi connectivity index (χ1) is 4.34. The second kappa shape index (κ2) is 2.90. The Kier molecular flexibility index (Phi) is 2.15. The van der Waals surface area contributed by atoms with E-state index >= 15 is 0 Å². The van der Waals surface area contributed by atoms with Gasteiger partial charge in [0.2, 0.25) is 0 Å². The van der Waals surface area contributed by atoms with Gasteiger partial charge in [0.05, 0.1) is 5.76 Å². The second-order valence-electron chi connectivity index (χ2n) is 2.65. The van der Waals surface area contributed by atoms with Crippen LogP contribution in [0.5, 0.6) is 0 Å². The molecule has 1 aliphatic rings. The van der Waals surface area contributed by atoms with Crippen LogP contribution < -0.4 is 0 Å². The summed E-state index contributed by atoms with van der Waals surface area (Å²) in [6.07, 6.45) is 5.50. The highest BCUT2D eigenvalue weighted by molar-refractivity contribution is 5.12. The third-order valence-electron chi connectivity index (χ3n) is 1.85. The van der Waals surface area contributed by atoms with Gasteiger partial charge >= 0.3 is 0 Å². The quantitative estimate of drug-likeness (QED) is 0.603. The molecule has 0 aliphatic heterocycles. The Hall–Kier alpha value is -0.460. The fraction of sp³-hybridized carbons (Fsp3) is 0.750. The molecule has 0 unspecified atom stereocenters. The number of aliphatic hydroxyl groups is 1. The largest absolute Gasteiger partial charge is 0.512 e. The Balaban J connectivity index is 2.45. The first-order valence-electron chi connectivity index (χ1n) is 3.74. The summed E-state index contributed by atoms with van der Waals surface area (Å²) in [6.45, 7) is 2.15. The maximum absolute atomic E-state index is 9.20. The van der Waals surface area contributed by atoms with Gasteiger partial charge in [0.25, 0.3) is 0 Å². The van der Waals surface area contributed by atoms with E-state index in [0.29, 0.717) is 5.76 Å². The van der Waals surface area contributed by atoms with E-state index in [-0.39, 0.29) is 0 Å². The molecule has 1 N–H and O–H groups in total. The Morgan fingerprint density at radius 2 is 2.22 bits per heavy atom. The van der Waals surface area contributed by atoms with Crippen molar-refractivity contribution < 1.29 is 5.11 Å². The highest BCUT2D eigenvalue weighted by Crippen LogP contribution is 2.26. The molecule has 0 aromatic rings. The summed E-state index contributed by atoms with van der Waals surface area (Å²) in [5.41, 5.74) is 1.30. The van der Waals surface area contributed by atoms with Crippen molar-refractivity contribution in [2.45, 2.75) is 39.0 Å². The van der Waals surface area contributed by atoms with Gasteiger partial charge in [-0.05, 0) is 24.8 Å². The fourth-order valence-electron chi connectivity index (χ4n) is 1.36. The molecule has 0 aromatic heterocycles. The molecule has 1 heteroatoms. The van der Waals surface area contributed by atoms with Crippen molar-refractivity contribution in [2.24, 2.45) is 0 Å². The molecular formula is C8H14O. The number of allylic oxidation sites excluding steroid dienone is 2. The van der Waals surface area contributed by atoms with Gasteiger partial charge in [0.15, 0.2) is 0 Å². The van der Waals surface area contributed by atoms with Gasteiger partial charge in [-0.15, -0.1) is 0 Å². The van der Waals surface area contributed by atoms with E-state index in [9.17, 15) is 5.11 Å². The van der Waals surface area contributed by atoms with Gasteiger partial charge in [0.1, 0.15) is 0 Å². The Bertz CT molecular complexity index is 125. The van der Waals surface area contributed by atoms with E-state index in [4.69, 9.17) is 0 Å². The summed E-state index contributed by atoms with van der Waals surface area (Å²) in [7, 11) is 0. The number of hydrogen-bond acceptors (Lipinski definition) is 1. The van der Waals surface area contributed by atoms with E-state index in [1.807, 2.05) is 0 Å². The monoisotopic (exact) mass is 126 g/mol. The van der Waals surface area contributed by atoms with Crippen molar-refractivity contribution in [3.05, 3.63) is 11.3 Å². The first kappa shape index (κ1) is 6.66. The van der Waals surface area contributed by atoms with Gasteiger partial charge in [-0.3, -0.25) is 0 Å². The minimum absolute atomic E-state index is 0.678. The molecule has 0 heterocycles. The molecule has 0 saturated carbocycles. The van der Waals surface area contributed by atoms with Crippen LogP contribution >= 0.6 is 0 Å². The smallest absolute Gasteiger partial charge is 0.0914 e. The van der Waals surface area contributed by atoms with E-state index in [1.54, 1.807) is 0 Å². The molecule has 0 atom stereocenters. The molecule has 0 spiro atoms. The summed E-state index contributed by atoms with van der Waals surface area (Å²) in [5, 5.41) is 9.20. The van der Waals surface area contributed by atoms with Crippen LogP contribution in [-0.2, 0) is 0 Å². The fourth-order valence-corrected chi connectivity index (χ4v) is 1.36. The lowest BCUT2D eigenvalue weighted by Gasteiger charge is -1.97. The topological polar surface area (TPSA) is 20.2 Å². The Labute approximate surface area is 56.4 Å². The van der Waals surface area contributed by atoms with Crippen LogP contribution in [0.2, 0.25) is 0 Å². The Morgan fingerprint density at radius 3 is 2.67 bits per heavy atom. The maximum Gasteiger partial charge on any atom is 0.0914 e. The van der Waals surface area contributed by atoms with Crippen LogP contribution in [0.15, 0.2) is 11.3 Å². The van der Waals surface area contributed by atoms with Crippen LogP contribution in [0.1, 0.15) is 39.0 Å². The molecule has 52 valence electrons. The zero-order chi connectivity index (χ0) is 6.69. The average Bonchev–Trinajstić information content (AvgIpc) is 2.18. The summed E-state index contributed by atoms with van der Waals surface area (Å²) >= 11 is 0. The highest BCUT2D eigenvalue weighted by atomic mass is 16.3. The lowest BCUT2D eigenvalue weighted by Crippen LogP contribution is -1.80. The lowest BCUT2D eigenvalue weighted by atomic mass is 10.1. The van der Waals surface area contributed by atoms with Crippen molar-refractivity contribution in [1.29, 1.82) is 0 Å². The molecule has 1 nitrogen and oxygen atoms in total. The molecular weight excluding hydrogens is 112 g/mol. The molecule has 0 fully saturated rings. The molecule has 1 rings (SSSR count). The molecule has 0 amide bonds. The number of hydrogen-bond donors (Lipinski definition) is 1. The van der Waals surface area contributed by atoms with Crippen molar-refractivity contribution >= 4 is 0 Å². The van der Waals surface area contributed by atoms with E-state index in [1.165, 1.54) is 18.4 Å². The Morgan fingerprint density at radius 1 is 1.44 bits per heavy atom. The lowest BCUT2D eigenvalue weighted by molar-refractivity contribution is 0.391. The zero-order valence-electron chi connectivity index (χ0n) is 5.98. The van der Waals surface area contributed by atoms with Crippen molar-refractivity contribution in [3.8, 4) is 0 Å². The van der Waals surface area contributed by atoms with E-state index < -0.39 is 0 Å². The molecule has 0 radical (unpaired) electrons. The molecule has 1 aliphatic carbocycles. The number of aliphatic hydroxyl groups excluding tert-OH is 1. The SMILES string of the molecule is CCCC1=C(O)CCC1. The van der Waals surface area contributed by atoms with Gasteiger partial charge in [-0.2, -0.15) is 0 Å². The summed E-state index contributed by atoms with van der Waals surface area (Å²) in [6, 6.07) is 0. The van der Waals surface area contributed by atoms with Crippen LogP contribution in [0, 0.1) is 0 Å². The summed E-state index contributed by atoms with van der Waals surface area (Å²) in [5.74, 6) is 0.678. The van der Waals surface area contributed by atoms with Crippen LogP contribution in [-0.4, -0.2) is 5.11 Å². The van der Waals surface area contributed by atoms with Crippen LogP contribution in [0.25, 0.3) is 0 Å². The van der Waals surface area contributed by atoms with Gasteiger partial charge in [0, 0.05) is 6.42 Å². The maximum atomic E-state index is 9.20. The van der Waals surface area contributed by atoms with Crippen LogP contribution in [0.4, 0.5) is 0 Å². The average molecular weight is 126 g/mol. The highest BCUT2D eigenvalue weighted by Gasteiger charge is 2.11. The summed E-state index contributed by atoms with van der Waals surface area (Å²) in [4.78, 5) is 0. The van der Waals surface area contributed by atoms with E-state index in [2.05, 4.69) is 6.92 Å². The summed E-state index contributed by atoms with van der Waals surface area (Å²) < 4.78 is 0. The van der Waals surface area contributed by atoms with Gasteiger partial charge in [-0.25, -0.2) is 0 Å². The van der Waals surface area contributed by atoms with Crippen molar-refractivity contribution in [3.63, 3.8) is 0 Å². The molecule has 0 aromatic carbocycles. The first-order valence-corrected chi connectivity index (χ1v) is 3.74. The van der Waals surface area contributed by atoms with E-state index in [0.717, 1.165) is 19.3 Å². The predicted molar refractivity (Wildman–Crippen MR) is 38.4 cm³/mol. The third-order valence-corrected chi connectivity index (χ3v) is 1.85. The molecule has 0 bridgehead atoms. The zero-order valence-corrected chi connectivity index (χ0v) is 5.98. The predicted octanol–water partition coefficient (Wildman–Crippen LogP) is 2.78. The van der Waals surface area contributed by atoms with Gasteiger partial charge < -0.3 is 5.11 Å². The standard InChI is InChI=1S/C8H14O/c1-2-4-7-5-3-6-8(7)9/h9H,2-6H2,1H3. The van der Waals surface area contributed by atoms with Gasteiger partial charge in [-0.1, -0.05) is 13.3 Å². The molecule has 0 saturated heterocycles. The number of rotatable bonds is 2. The van der Waals surface area contributed by atoms with Crippen molar-refractivity contribution in [1.82, 2.24) is 0 Å². The molecule has 9 heavy (non-hydrogen) atoms. The van der Waals surface area contributed by atoms with Crippen molar-refractivity contribution in [2.75, 3.05) is 0 Å². The third kappa shape index (κ3) is 1.47. The minimum Gasteiger partial charge on any atom is -0.512 e. The van der Waals surface area contributed by atoms with Crippen LogP contribution in [0.3, 0.4) is 0 Å².